The first-order valence-electron chi connectivity index (χ1n) is 10.6. The number of rotatable bonds is 5. The number of sulfonamides is 1. The van der Waals surface area contributed by atoms with Gasteiger partial charge >= 0.3 is 0 Å². The van der Waals surface area contributed by atoms with E-state index in [-0.39, 0.29) is 11.3 Å². The third-order valence-corrected chi connectivity index (χ3v) is 8.52. The van der Waals surface area contributed by atoms with Crippen molar-refractivity contribution in [1.29, 1.82) is 0 Å². The molecule has 1 N–H and O–H groups in total. The maximum absolute atomic E-state index is 12.5. The van der Waals surface area contributed by atoms with Crippen LogP contribution in [0.5, 0.6) is 0 Å². The van der Waals surface area contributed by atoms with Crippen molar-refractivity contribution in [3.8, 4) is 11.1 Å². The van der Waals surface area contributed by atoms with Gasteiger partial charge in [-0.25, -0.2) is 12.7 Å². The van der Waals surface area contributed by atoms with Crippen LogP contribution in [0.2, 0.25) is 0 Å². The Bertz CT molecular complexity index is 1170. The molecule has 7 heteroatoms. The molecular weight excluding hydrogens is 396 g/mol. The second-order valence-corrected chi connectivity index (χ2v) is 10.6. The maximum Gasteiger partial charge on any atom is 0.216 e. The minimum absolute atomic E-state index is 0.128. The monoisotopic (exact) mass is 422 g/mol. The second kappa shape index (κ2) is 7.63. The Balaban J connectivity index is 1.39. The molecule has 6 nitrogen and oxygen atoms in total. The van der Waals surface area contributed by atoms with E-state index in [1.807, 2.05) is 37.6 Å². The molecule has 1 aliphatic carbocycles. The molecule has 5 rings (SSSR count). The van der Waals surface area contributed by atoms with Crippen LogP contribution in [-0.4, -0.2) is 47.1 Å². The van der Waals surface area contributed by atoms with Crippen LogP contribution in [0.4, 0.5) is 5.69 Å². The molecule has 0 unspecified atom stereocenters. The van der Waals surface area contributed by atoms with E-state index < -0.39 is 10.0 Å². The Morgan fingerprint density at radius 2 is 1.80 bits per heavy atom. The van der Waals surface area contributed by atoms with E-state index in [2.05, 4.69) is 33.5 Å². The van der Waals surface area contributed by atoms with Crippen LogP contribution in [0.1, 0.15) is 31.4 Å². The topological polar surface area (TPSA) is 75.2 Å². The molecule has 2 aliphatic rings. The lowest BCUT2D eigenvalue weighted by Gasteiger charge is -2.32. The second-order valence-electron chi connectivity index (χ2n) is 8.37. The van der Waals surface area contributed by atoms with Crippen molar-refractivity contribution >= 4 is 26.5 Å². The van der Waals surface area contributed by atoms with E-state index >= 15 is 0 Å². The molecule has 1 saturated heterocycles. The van der Waals surface area contributed by atoms with Gasteiger partial charge in [0.15, 0.2) is 0 Å². The molecule has 156 valence electrons. The molecule has 1 saturated carbocycles. The van der Waals surface area contributed by atoms with Gasteiger partial charge in [-0.2, -0.15) is 0 Å². The van der Waals surface area contributed by atoms with Crippen LogP contribution in [0, 0.1) is 6.92 Å². The summed E-state index contributed by atoms with van der Waals surface area (Å²) in [5.74, 6) is 0. The van der Waals surface area contributed by atoms with Gasteiger partial charge < -0.3 is 5.32 Å². The molecule has 0 amide bonds. The van der Waals surface area contributed by atoms with Crippen molar-refractivity contribution in [3.05, 3.63) is 54.6 Å². The summed E-state index contributed by atoms with van der Waals surface area (Å²) in [6.07, 6.45) is 8.86. The van der Waals surface area contributed by atoms with Crippen LogP contribution in [0.25, 0.3) is 21.9 Å². The van der Waals surface area contributed by atoms with Crippen LogP contribution >= 0.6 is 0 Å². The molecule has 2 fully saturated rings. The van der Waals surface area contributed by atoms with E-state index in [0.29, 0.717) is 13.1 Å². The summed E-state index contributed by atoms with van der Waals surface area (Å²) in [7, 11) is -3.08. The number of piperidine rings is 1. The van der Waals surface area contributed by atoms with Crippen molar-refractivity contribution in [3.63, 3.8) is 0 Å². The fourth-order valence-corrected chi connectivity index (χ4v) is 6.05. The van der Waals surface area contributed by atoms with Gasteiger partial charge in [0.05, 0.1) is 5.25 Å². The summed E-state index contributed by atoms with van der Waals surface area (Å²) in [4.78, 5) is 8.75. The number of anilines is 1. The molecule has 0 radical (unpaired) electrons. The van der Waals surface area contributed by atoms with Crippen LogP contribution in [0.3, 0.4) is 0 Å². The fraction of sp³-hybridized carbons (Fsp3) is 0.391. The van der Waals surface area contributed by atoms with Gasteiger partial charge in [0.2, 0.25) is 10.0 Å². The normalized spacial score (nSPS) is 18.6. The first-order chi connectivity index (χ1) is 14.5. The third-order valence-electron chi connectivity index (χ3n) is 6.12. The van der Waals surface area contributed by atoms with Gasteiger partial charge in [-0.15, -0.1) is 0 Å². The molecule has 0 spiro atoms. The first kappa shape index (κ1) is 19.5. The quantitative estimate of drug-likeness (QED) is 0.673. The summed E-state index contributed by atoms with van der Waals surface area (Å²) >= 11 is 0. The van der Waals surface area contributed by atoms with Gasteiger partial charge in [-0.3, -0.25) is 9.97 Å². The number of nitrogens with one attached hydrogen (secondary N) is 1. The molecule has 2 aromatic heterocycles. The van der Waals surface area contributed by atoms with E-state index in [9.17, 15) is 8.42 Å². The van der Waals surface area contributed by atoms with Gasteiger partial charge in [0.1, 0.15) is 0 Å². The predicted molar refractivity (Wildman–Crippen MR) is 120 cm³/mol. The zero-order chi connectivity index (χ0) is 20.7. The highest BCUT2D eigenvalue weighted by Crippen LogP contribution is 2.34. The molecule has 3 aromatic rings. The van der Waals surface area contributed by atoms with Crippen molar-refractivity contribution in [2.24, 2.45) is 0 Å². The SMILES string of the molecule is Cc1ccc(-c2cc(NC3CCN(S(=O)(=O)C4CC4)CC3)c3cnccc3c2)cn1. The zero-order valence-corrected chi connectivity index (χ0v) is 17.9. The third kappa shape index (κ3) is 3.79. The standard InChI is InChI=1S/C23H26N4O2S/c1-16-2-3-18(14-25-16)19-12-17-6-9-24-15-22(17)23(13-19)26-20-7-10-27(11-8-20)30(28,29)21-4-5-21/h2-3,6,9,12-15,20-21,26H,4-5,7-8,10-11H2,1H3. The molecule has 0 atom stereocenters. The van der Waals surface area contributed by atoms with Gasteiger partial charge in [0.25, 0.3) is 0 Å². The Hall–Kier alpha value is -2.51. The van der Waals surface area contributed by atoms with E-state index in [1.54, 1.807) is 4.31 Å². The summed E-state index contributed by atoms with van der Waals surface area (Å²) < 4.78 is 26.7. The van der Waals surface area contributed by atoms with E-state index in [4.69, 9.17) is 0 Å². The summed E-state index contributed by atoms with van der Waals surface area (Å²) in [6, 6.07) is 10.7. The number of hydrogen-bond donors (Lipinski definition) is 1. The van der Waals surface area contributed by atoms with Gasteiger partial charge in [0, 0.05) is 60.1 Å². The highest BCUT2D eigenvalue weighted by Gasteiger charge is 2.41. The lowest BCUT2D eigenvalue weighted by Crippen LogP contribution is -2.43. The lowest BCUT2D eigenvalue weighted by atomic mass is 10.00. The number of nitrogens with zero attached hydrogens (tertiary/aromatic N) is 3. The molecular formula is C23H26N4O2S. The average Bonchev–Trinajstić information content (AvgIpc) is 3.61. The van der Waals surface area contributed by atoms with Crippen LogP contribution < -0.4 is 5.32 Å². The number of pyridine rings is 2. The number of hydrogen-bond acceptors (Lipinski definition) is 5. The molecule has 0 bridgehead atoms. The number of aromatic nitrogens is 2. The van der Waals surface area contributed by atoms with E-state index in [1.165, 1.54) is 0 Å². The largest absolute Gasteiger partial charge is 0.382 e. The minimum atomic E-state index is -3.08. The molecule has 3 heterocycles. The molecule has 1 aromatic carbocycles. The summed E-state index contributed by atoms with van der Waals surface area (Å²) in [6.45, 7) is 3.17. The fourth-order valence-electron chi connectivity index (χ4n) is 4.17. The Labute approximate surface area is 177 Å². The van der Waals surface area contributed by atoms with Crippen molar-refractivity contribution < 1.29 is 8.42 Å². The predicted octanol–water partition coefficient (Wildman–Crippen LogP) is 3.97. The number of benzene rings is 1. The van der Waals surface area contributed by atoms with Gasteiger partial charge in [-0.1, -0.05) is 6.07 Å². The smallest absolute Gasteiger partial charge is 0.216 e. The maximum atomic E-state index is 12.5. The summed E-state index contributed by atoms with van der Waals surface area (Å²) in [5, 5.41) is 5.75. The molecule has 1 aliphatic heterocycles. The van der Waals surface area contributed by atoms with Crippen LogP contribution in [0.15, 0.2) is 48.9 Å². The van der Waals surface area contributed by atoms with Gasteiger partial charge in [-0.05, 0) is 67.8 Å². The number of aryl methyl sites for hydroxylation is 1. The minimum Gasteiger partial charge on any atom is -0.382 e. The first-order valence-corrected chi connectivity index (χ1v) is 12.1. The lowest BCUT2D eigenvalue weighted by molar-refractivity contribution is 0.329. The van der Waals surface area contributed by atoms with E-state index in [0.717, 1.165) is 59.0 Å². The average molecular weight is 423 g/mol. The highest BCUT2D eigenvalue weighted by molar-refractivity contribution is 7.90. The number of fused-ring (bicyclic) bond motifs is 1. The van der Waals surface area contributed by atoms with Crippen LogP contribution in [-0.2, 0) is 10.0 Å². The molecule has 30 heavy (non-hydrogen) atoms. The zero-order valence-electron chi connectivity index (χ0n) is 17.1. The Kier molecular flexibility index (Phi) is 4.95. The Morgan fingerprint density at radius 3 is 2.50 bits per heavy atom. The van der Waals surface area contributed by atoms with Crippen molar-refractivity contribution in [2.75, 3.05) is 18.4 Å². The van der Waals surface area contributed by atoms with Crippen molar-refractivity contribution in [1.82, 2.24) is 14.3 Å². The Morgan fingerprint density at radius 1 is 1.00 bits per heavy atom. The summed E-state index contributed by atoms with van der Waals surface area (Å²) in [5.41, 5.74) is 4.22. The highest BCUT2D eigenvalue weighted by atomic mass is 32.2. The van der Waals surface area contributed by atoms with Crippen molar-refractivity contribution in [2.45, 2.75) is 43.9 Å².